The molecule has 2 aliphatic rings. The zero-order chi connectivity index (χ0) is 12.5. The van der Waals surface area contributed by atoms with Crippen molar-refractivity contribution in [2.75, 3.05) is 0 Å². The lowest BCUT2D eigenvalue weighted by Crippen LogP contribution is -2.16. The number of carbonyl (C=O) groups excluding carboxylic acids is 1. The van der Waals surface area contributed by atoms with Crippen molar-refractivity contribution in [2.24, 2.45) is 0 Å². The molecule has 1 unspecified atom stereocenters. The van der Waals surface area contributed by atoms with Crippen molar-refractivity contribution in [3.05, 3.63) is 59.4 Å². The Bertz CT molecular complexity index is 540. The van der Waals surface area contributed by atoms with Gasteiger partial charge in [-0.25, -0.2) is 0 Å². The molecule has 1 aliphatic heterocycles. The highest BCUT2D eigenvalue weighted by Crippen LogP contribution is 2.33. The van der Waals surface area contributed by atoms with Crippen LogP contribution in [0.1, 0.15) is 35.2 Å². The average molecular weight is 240 g/mol. The van der Waals surface area contributed by atoms with Crippen LogP contribution in [0.3, 0.4) is 0 Å². The minimum absolute atomic E-state index is 0.0810. The third kappa shape index (κ3) is 1.78. The van der Waals surface area contributed by atoms with Crippen LogP contribution in [0.2, 0.25) is 0 Å². The van der Waals surface area contributed by atoms with Crippen molar-refractivity contribution in [1.29, 1.82) is 0 Å². The fourth-order valence-corrected chi connectivity index (χ4v) is 2.72. The minimum atomic E-state index is 0.0810. The second kappa shape index (κ2) is 4.45. The van der Waals surface area contributed by atoms with Crippen LogP contribution in [-0.2, 0) is 11.2 Å². The van der Waals surface area contributed by atoms with Gasteiger partial charge < -0.3 is 4.74 Å². The second-order valence-corrected chi connectivity index (χ2v) is 4.82. The summed E-state index contributed by atoms with van der Waals surface area (Å²) in [6, 6.07) is 7.87. The number of allylic oxidation sites excluding steroid dienone is 2. The van der Waals surface area contributed by atoms with Gasteiger partial charge in [-0.1, -0.05) is 36.9 Å². The summed E-state index contributed by atoms with van der Waals surface area (Å²) in [7, 11) is 0. The van der Waals surface area contributed by atoms with E-state index in [1.54, 1.807) is 0 Å². The Labute approximate surface area is 107 Å². The van der Waals surface area contributed by atoms with Crippen LogP contribution in [0.25, 0.3) is 0 Å². The highest BCUT2D eigenvalue weighted by Gasteiger charge is 2.28. The summed E-state index contributed by atoms with van der Waals surface area (Å²) < 4.78 is 5.78. The Morgan fingerprint density at radius 3 is 2.83 bits per heavy atom. The fourth-order valence-electron chi connectivity index (χ4n) is 2.72. The number of carbonyl (C=O) groups is 1. The van der Waals surface area contributed by atoms with Crippen LogP contribution >= 0.6 is 0 Å². The van der Waals surface area contributed by atoms with Gasteiger partial charge in [0, 0.05) is 17.6 Å². The first-order valence-corrected chi connectivity index (χ1v) is 6.43. The Kier molecular flexibility index (Phi) is 2.78. The van der Waals surface area contributed by atoms with Crippen molar-refractivity contribution in [3.8, 4) is 0 Å². The van der Waals surface area contributed by atoms with Crippen LogP contribution in [0.4, 0.5) is 0 Å². The number of ether oxygens (including phenoxy) is 1. The molecule has 3 rings (SSSR count). The summed E-state index contributed by atoms with van der Waals surface area (Å²) in [4.78, 5) is 12.4. The molecule has 1 atom stereocenters. The van der Waals surface area contributed by atoms with Gasteiger partial charge in [0.15, 0.2) is 5.78 Å². The monoisotopic (exact) mass is 240 g/mol. The first-order chi connectivity index (χ1) is 8.79. The van der Waals surface area contributed by atoms with Crippen molar-refractivity contribution in [2.45, 2.75) is 31.8 Å². The number of hydrogen-bond donors (Lipinski definition) is 0. The lowest BCUT2D eigenvalue weighted by Gasteiger charge is -2.19. The van der Waals surface area contributed by atoms with Crippen LogP contribution in [0.5, 0.6) is 0 Å². The molecule has 1 aromatic rings. The summed E-state index contributed by atoms with van der Waals surface area (Å²) in [6.45, 7) is 3.74. The topological polar surface area (TPSA) is 26.3 Å². The van der Waals surface area contributed by atoms with Gasteiger partial charge in [0.05, 0.1) is 0 Å². The summed E-state index contributed by atoms with van der Waals surface area (Å²) in [5.74, 6) is 1.04. The predicted octanol–water partition coefficient (Wildman–Crippen LogP) is 3.43. The number of benzene rings is 1. The third-order valence-electron chi connectivity index (χ3n) is 3.73. The average Bonchev–Trinajstić information content (AvgIpc) is 2.88. The number of aryl methyl sites for hydroxylation is 1. The SMILES string of the molecule is C=CC1CC/C(=C2/CCc3ccccc3C2=O)O1. The van der Waals surface area contributed by atoms with Gasteiger partial charge in [-0.05, 0) is 24.8 Å². The highest BCUT2D eigenvalue weighted by molar-refractivity contribution is 6.11. The first-order valence-electron chi connectivity index (χ1n) is 6.43. The molecule has 2 heteroatoms. The van der Waals surface area contributed by atoms with E-state index in [2.05, 4.69) is 6.58 Å². The molecule has 0 saturated carbocycles. The van der Waals surface area contributed by atoms with Crippen LogP contribution in [0, 0.1) is 0 Å². The Hall–Kier alpha value is -1.83. The van der Waals surface area contributed by atoms with E-state index in [0.29, 0.717) is 0 Å². The maximum absolute atomic E-state index is 12.4. The standard InChI is InChI=1S/C16H16O2/c1-2-12-8-10-15(18-12)14-9-7-11-5-3-4-6-13(11)16(14)17/h2-6,12H,1,7-10H2/b15-14+. The summed E-state index contributed by atoms with van der Waals surface area (Å²) >= 11 is 0. The molecule has 0 amide bonds. The van der Waals surface area contributed by atoms with Gasteiger partial charge in [0.1, 0.15) is 11.9 Å². The third-order valence-corrected chi connectivity index (χ3v) is 3.73. The quantitative estimate of drug-likeness (QED) is 0.555. The summed E-state index contributed by atoms with van der Waals surface area (Å²) in [6.07, 6.45) is 5.43. The zero-order valence-electron chi connectivity index (χ0n) is 10.3. The van der Waals surface area contributed by atoms with E-state index in [4.69, 9.17) is 4.74 Å². The van der Waals surface area contributed by atoms with Gasteiger partial charge in [0.25, 0.3) is 0 Å². The molecular weight excluding hydrogens is 224 g/mol. The van der Waals surface area contributed by atoms with Crippen molar-refractivity contribution in [3.63, 3.8) is 0 Å². The van der Waals surface area contributed by atoms with Crippen molar-refractivity contribution in [1.82, 2.24) is 0 Å². The smallest absolute Gasteiger partial charge is 0.192 e. The second-order valence-electron chi connectivity index (χ2n) is 4.82. The lowest BCUT2D eigenvalue weighted by atomic mass is 9.86. The Morgan fingerprint density at radius 1 is 1.22 bits per heavy atom. The molecule has 1 heterocycles. The van der Waals surface area contributed by atoms with Gasteiger partial charge >= 0.3 is 0 Å². The molecule has 1 aliphatic carbocycles. The van der Waals surface area contributed by atoms with Crippen molar-refractivity contribution >= 4 is 5.78 Å². The molecule has 1 fully saturated rings. The van der Waals surface area contributed by atoms with E-state index in [1.165, 1.54) is 0 Å². The Morgan fingerprint density at radius 2 is 2.06 bits per heavy atom. The van der Waals surface area contributed by atoms with E-state index < -0.39 is 0 Å². The minimum Gasteiger partial charge on any atom is -0.490 e. The fraction of sp³-hybridized carbons (Fsp3) is 0.312. The van der Waals surface area contributed by atoms with E-state index in [-0.39, 0.29) is 11.9 Å². The molecule has 0 aromatic heterocycles. The van der Waals surface area contributed by atoms with Gasteiger partial charge in [-0.3, -0.25) is 4.79 Å². The number of fused-ring (bicyclic) bond motifs is 1. The van der Waals surface area contributed by atoms with Crippen LogP contribution in [0.15, 0.2) is 48.3 Å². The molecule has 0 bridgehead atoms. The van der Waals surface area contributed by atoms with Gasteiger partial charge in [-0.15, -0.1) is 0 Å². The summed E-state index contributed by atoms with van der Waals surface area (Å²) in [5.41, 5.74) is 2.88. The number of rotatable bonds is 1. The molecule has 92 valence electrons. The molecular formula is C16H16O2. The lowest BCUT2D eigenvalue weighted by molar-refractivity contribution is 0.101. The molecule has 1 saturated heterocycles. The maximum atomic E-state index is 12.4. The number of ketones is 1. The van der Waals surface area contributed by atoms with Crippen LogP contribution < -0.4 is 0 Å². The maximum Gasteiger partial charge on any atom is 0.192 e. The van der Waals surface area contributed by atoms with E-state index in [9.17, 15) is 4.79 Å². The number of Topliss-reactive ketones (excluding diaryl/α,β-unsaturated/α-hetero) is 1. The van der Waals surface area contributed by atoms with E-state index >= 15 is 0 Å². The van der Waals surface area contributed by atoms with Gasteiger partial charge in [0.2, 0.25) is 0 Å². The molecule has 2 nitrogen and oxygen atoms in total. The normalized spacial score (nSPS) is 26.7. The molecule has 1 aromatic carbocycles. The van der Waals surface area contributed by atoms with Gasteiger partial charge in [-0.2, -0.15) is 0 Å². The summed E-state index contributed by atoms with van der Waals surface area (Å²) in [5, 5.41) is 0. The Balaban J connectivity index is 1.96. The molecule has 0 radical (unpaired) electrons. The van der Waals surface area contributed by atoms with Crippen LogP contribution in [-0.4, -0.2) is 11.9 Å². The molecule has 0 spiro atoms. The largest absolute Gasteiger partial charge is 0.490 e. The molecule has 18 heavy (non-hydrogen) atoms. The number of hydrogen-bond acceptors (Lipinski definition) is 2. The van der Waals surface area contributed by atoms with E-state index in [1.807, 2.05) is 30.3 Å². The highest BCUT2D eigenvalue weighted by atomic mass is 16.5. The zero-order valence-corrected chi connectivity index (χ0v) is 10.3. The molecule has 0 N–H and O–H groups in total. The van der Waals surface area contributed by atoms with E-state index in [0.717, 1.165) is 48.1 Å². The first kappa shape index (κ1) is 11.3. The predicted molar refractivity (Wildman–Crippen MR) is 70.4 cm³/mol. The van der Waals surface area contributed by atoms with Crippen molar-refractivity contribution < 1.29 is 9.53 Å².